The first-order valence-electron chi connectivity index (χ1n) is 9.82. The molecule has 2 N–H and O–H groups in total. The largest absolute Gasteiger partial charge is 0.330 e. The van der Waals surface area contributed by atoms with Gasteiger partial charge in [-0.05, 0) is 55.5 Å². The minimum Gasteiger partial charge on any atom is -0.330 e. The molecule has 1 aromatic carbocycles. The van der Waals surface area contributed by atoms with Gasteiger partial charge >= 0.3 is 0 Å². The Balaban J connectivity index is 2.26. The van der Waals surface area contributed by atoms with Gasteiger partial charge in [-0.15, -0.1) is 0 Å². The highest BCUT2D eigenvalue weighted by atomic mass is 16.2. The Hall–Kier alpha value is -2.18. The van der Waals surface area contributed by atoms with Crippen molar-refractivity contribution in [2.45, 2.75) is 45.6 Å². The maximum Gasteiger partial charge on any atom is 0.268 e. The molecule has 0 aliphatic heterocycles. The highest BCUT2D eigenvalue weighted by Crippen LogP contribution is 2.17. The summed E-state index contributed by atoms with van der Waals surface area (Å²) in [6.07, 6.45) is 5.01. The van der Waals surface area contributed by atoms with Crippen molar-refractivity contribution >= 4 is 16.8 Å². The van der Waals surface area contributed by atoms with Crippen LogP contribution in [0.15, 0.2) is 35.1 Å². The van der Waals surface area contributed by atoms with E-state index in [1.54, 1.807) is 17.1 Å². The van der Waals surface area contributed by atoms with Crippen molar-refractivity contribution in [3.05, 3.63) is 46.2 Å². The van der Waals surface area contributed by atoms with Gasteiger partial charge < -0.3 is 10.3 Å². The quantitative estimate of drug-likeness (QED) is 0.514. The predicted molar refractivity (Wildman–Crippen MR) is 111 cm³/mol. The average molecular weight is 373 g/mol. The van der Waals surface area contributed by atoms with Gasteiger partial charge in [0, 0.05) is 38.8 Å². The number of aromatic nitrogens is 1. The van der Waals surface area contributed by atoms with Crippen molar-refractivity contribution in [2.75, 3.05) is 27.2 Å². The number of benzene rings is 1. The van der Waals surface area contributed by atoms with E-state index >= 15 is 0 Å². The van der Waals surface area contributed by atoms with E-state index in [0.717, 1.165) is 43.0 Å². The highest BCUT2D eigenvalue weighted by molar-refractivity contribution is 5.97. The Morgan fingerprint density at radius 3 is 2.48 bits per heavy atom. The smallest absolute Gasteiger partial charge is 0.268 e. The Kier molecular flexibility index (Phi) is 8.00. The Labute approximate surface area is 161 Å². The Bertz CT molecular complexity index is 813. The molecule has 0 fully saturated rings. The molecule has 27 heavy (non-hydrogen) atoms. The third-order valence-corrected chi connectivity index (χ3v) is 4.73. The molecule has 0 unspecified atom stereocenters. The number of nitrogens with zero attached hydrogens (tertiary/aromatic N) is 3. The van der Waals surface area contributed by atoms with Crippen molar-refractivity contribution in [2.24, 2.45) is 5.73 Å². The first kappa shape index (κ1) is 21.1. The summed E-state index contributed by atoms with van der Waals surface area (Å²) < 4.78 is 1.81. The first-order valence-corrected chi connectivity index (χ1v) is 9.82. The van der Waals surface area contributed by atoms with Crippen LogP contribution < -0.4 is 11.3 Å². The molecule has 1 heterocycles. The summed E-state index contributed by atoms with van der Waals surface area (Å²) in [5.41, 5.74) is 7.05. The van der Waals surface area contributed by atoms with Crippen LogP contribution in [0.2, 0.25) is 0 Å². The second-order valence-electron chi connectivity index (χ2n) is 7.08. The van der Waals surface area contributed by atoms with E-state index in [9.17, 15) is 9.59 Å². The number of fused-ring (bicyclic) bond motifs is 1. The number of aryl methyl sites for hydroxylation is 1. The molecule has 0 radical (unpaired) electrons. The monoisotopic (exact) mass is 372 g/mol. The number of nitrogens with two attached hydrogens (primary N) is 1. The first-order chi connectivity index (χ1) is 13.0. The van der Waals surface area contributed by atoms with Crippen LogP contribution in [0.1, 0.15) is 49.4 Å². The van der Waals surface area contributed by atoms with Gasteiger partial charge in [0.25, 0.3) is 11.5 Å². The number of carbonyl (C=O) groups is 1. The van der Waals surface area contributed by atoms with Crippen LogP contribution in [-0.4, -0.2) is 47.7 Å². The summed E-state index contributed by atoms with van der Waals surface area (Å²) in [6.45, 7) is 4.13. The fourth-order valence-corrected chi connectivity index (χ4v) is 3.28. The molecule has 2 aromatic rings. The summed E-state index contributed by atoms with van der Waals surface area (Å²) in [7, 11) is 3.74. The van der Waals surface area contributed by atoms with Crippen molar-refractivity contribution in [3.8, 4) is 0 Å². The molecule has 0 aliphatic carbocycles. The average Bonchev–Trinajstić information content (AvgIpc) is 2.66. The molecule has 0 atom stereocenters. The second-order valence-corrected chi connectivity index (χ2v) is 7.08. The molecule has 0 bridgehead atoms. The molecule has 0 saturated carbocycles. The van der Waals surface area contributed by atoms with Gasteiger partial charge in [-0.1, -0.05) is 19.8 Å². The molecular formula is C21H32N4O2. The van der Waals surface area contributed by atoms with Crippen molar-refractivity contribution < 1.29 is 4.79 Å². The molecule has 0 spiro atoms. The topological polar surface area (TPSA) is 71.6 Å². The van der Waals surface area contributed by atoms with E-state index in [1.165, 1.54) is 0 Å². The highest BCUT2D eigenvalue weighted by Gasteiger charge is 2.17. The van der Waals surface area contributed by atoms with Gasteiger partial charge in [-0.25, -0.2) is 5.01 Å². The molecule has 0 saturated heterocycles. The molecule has 2 rings (SSSR count). The fraction of sp³-hybridized carbons (Fsp3) is 0.524. The van der Waals surface area contributed by atoms with E-state index in [-0.39, 0.29) is 11.5 Å². The summed E-state index contributed by atoms with van der Waals surface area (Å²) in [5.74, 6) is -0.0247. The summed E-state index contributed by atoms with van der Waals surface area (Å²) >= 11 is 0. The molecule has 6 heteroatoms. The number of pyridine rings is 1. The van der Waals surface area contributed by atoms with Crippen LogP contribution in [0, 0.1) is 0 Å². The van der Waals surface area contributed by atoms with Crippen LogP contribution in [0.3, 0.4) is 0 Å². The van der Waals surface area contributed by atoms with E-state index in [4.69, 9.17) is 5.73 Å². The minimum absolute atomic E-state index is 0.00121. The Morgan fingerprint density at radius 2 is 1.81 bits per heavy atom. The lowest BCUT2D eigenvalue weighted by Gasteiger charge is -2.28. The van der Waals surface area contributed by atoms with Crippen molar-refractivity contribution in [1.82, 2.24) is 14.6 Å². The molecule has 6 nitrogen and oxygen atoms in total. The predicted octanol–water partition coefficient (Wildman–Crippen LogP) is 2.85. The van der Waals surface area contributed by atoms with Crippen molar-refractivity contribution in [3.63, 3.8) is 0 Å². The van der Waals surface area contributed by atoms with E-state index in [0.29, 0.717) is 25.2 Å². The van der Waals surface area contributed by atoms with Crippen molar-refractivity contribution in [1.29, 1.82) is 0 Å². The number of hydrogen-bond donors (Lipinski definition) is 1. The lowest BCUT2D eigenvalue weighted by molar-refractivity contribution is 0.0201. The lowest BCUT2D eigenvalue weighted by atomic mass is 10.1. The van der Waals surface area contributed by atoms with Crippen LogP contribution in [0.25, 0.3) is 10.9 Å². The SMILES string of the molecule is CCCN(C(=O)c1ccc2c(ccc(=O)n2CCCCCCN)c1)N(C)C. The third kappa shape index (κ3) is 5.40. The maximum atomic E-state index is 12.8. The van der Waals surface area contributed by atoms with Crippen LogP contribution in [-0.2, 0) is 6.54 Å². The normalized spacial score (nSPS) is 11.3. The van der Waals surface area contributed by atoms with E-state index < -0.39 is 0 Å². The van der Waals surface area contributed by atoms with Crippen LogP contribution in [0.5, 0.6) is 0 Å². The number of carbonyl (C=O) groups excluding carboxylic acids is 1. The minimum atomic E-state index is -0.0247. The van der Waals surface area contributed by atoms with Gasteiger partial charge in [0.2, 0.25) is 0 Å². The third-order valence-electron chi connectivity index (χ3n) is 4.73. The second kappa shape index (κ2) is 10.2. The van der Waals surface area contributed by atoms with Crippen LogP contribution in [0.4, 0.5) is 0 Å². The lowest BCUT2D eigenvalue weighted by Crippen LogP contribution is -2.42. The van der Waals surface area contributed by atoms with Crippen LogP contribution >= 0.6 is 0 Å². The summed E-state index contributed by atoms with van der Waals surface area (Å²) in [6, 6.07) is 8.99. The van der Waals surface area contributed by atoms with Gasteiger partial charge in [0.1, 0.15) is 0 Å². The van der Waals surface area contributed by atoms with Gasteiger partial charge in [-0.2, -0.15) is 0 Å². The summed E-state index contributed by atoms with van der Waals surface area (Å²) in [5, 5.41) is 4.46. The molecule has 0 aliphatic rings. The van der Waals surface area contributed by atoms with E-state index in [2.05, 4.69) is 6.92 Å². The maximum absolute atomic E-state index is 12.8. The summed E-state index contributed by atoms with van der Waals surface area (Å²) in [4.78, 5) is 25.2. The van der Waals surface area contributed by atoms with Gasteiger partial charge in [-0.3, -0.25) is 14.6 Å². The molecule has 1 amide bonds. The Morgan fingerprint density at radius 1 is 1.07 bits per heavy atom. The number of amides is 1. The fourth-order valence-electron chi connectivity index (χ4n) is 3.28. The van der Waals surface area contributed by atoms with Gasteiger partial charge in [0.15, 0.2) is 0 Å². The molecule has 1 aromatic heterocycles. The van der Waals surface area contributed by atoms with Gasteiger partial charge in [0.05, 0.1) is 5.52 Å². The zero-order valence-electron chi connectivity index (χ0n) is 16.8. The standard InChI is InChI=1S/C21H32N4O2/c1-4-14-25(23(2)3)21(27)18-9-11-19-17(16-18)10-12-20(26)24(19)15-8-6-5-7-13-22/h9-12,16H,4-8,13-15,22H2,1-3H3. The number of hydrazine groups is 1. The zero-order chi connectivity index (χ0) is 19.8. The van der Waals surface area contributed by atoms with E-state index in [1.807, 2.05) is 41.9 Å². The zero-order valence-corrected chi connectivity index (χ0v) is 16.8. The molecular weight excluding hydrogens is 340 g/mol. The molecule has 148 valence electrons. The number of rotatable bonds is 10. The number of unbranched alkanes of at least 4 members (excludes halogenated alkanes) is 3. The number of hydrogen-bond acceptors (Lipinski definition) is 4.